The van der Waals surface area contributed by atoms with Crippen LogP contribution in [-0.4, -0.2) is 10.1 Å². The predicted molar refractivity (Wildman–Crippen MR) is 211 cm³/mol. The summed E-state index contributed by atoms with van der Waals surface area (Å²) < 4.78 is 2.53. The maximum Gasteiger partial charge on any atom is 0.0541 e. The molecule has 2 nitrogen and oxygen atoms in total. The molecule has 2 aliphatic rings. The molecule has 5 aromatic carbocycles. The fraction of sp³-hybridized carbons (Fsp3) is 0.362. The lowest BCUT2D eigenvalue weighted by molar-refractivity contribution is 0.195. The molecule has 250 valence electrons. The zero-order valence-electron chi connectivity index (χ0n) is 31.0. The third-order valence-corrected chi connectivity index (χ3v) is 12.3. The van der Waals surface area contributed by atoms with Crippen molar-refractivity contribution >= 4 is 33.2 Å². The summed E-state index contributed by atoms with van der Waals surface area (Å²) in [6.45, 7) is 21.3. The molecule has 6 aromatic rings. The van der Waals surface area contributed by atoms with Crippen molar-refractivity contribution in [1.82, 2.24) is 4.57 Å². The van der Waals surface area contributed by atoms with Crippen molar-refractivity contribution in [2.45, 2.75) is 110 Å². The molecule has 1 aliphatic carbocycles. The number of anilines is 2. The summed E-state index contributed by atoms with van der Waals surface area (Å²) in [4.78, 5) is 2.73. The zero-order valence-corrected chi connectivity index (χ0v) is 31.0. The third-order valence-electron chi connectivity index (χ3n) is 12.3. The van der Waals surface area contributed by atoms with Gasteiger partial charge in [0.05, 0.1) is 16.6 Å². The number of rotatable bonds is 3. The van der Waals surface area contributed by atoms with E-state index in [0.29, 0.717) is 0 Å². The second-order valence-corrected chi connectivity index (χ2v) is 17.6. The highest BCUT2D eigenvalue weighted by atomic mass is 15.3. The van der Waals surface area contributed by atoms with Crippen molar-refractivity contribution in [2.75, 3.05) is 4.90 Å². The van der Waals surface area contributed by atoms with Gasteiger partial charge in [0, 0.05) is 33.2 Å². The maximum absolute atomic E-state index is 2.73. The van der Waals surface area contributed by atoms with E-state index in [9.17, 15) is 0 Å². The fourth-order valence-corrected chi connectivity index (χ4v) is 9.19. The molecule has 1 aromatic heterocycles. The lowest BCUT2D eigenvalue weighted by Crippen LogP contribution is -2.54. The lowest BCUT2D eigenvalue weighted by Gasteiger charge is -2.50. The number of fused-ring (bicyclic) bond motifs is 6. The summed E-state index contributed by atoms with van der Waals surface area (Å²) in [5.41, 5.74) is 14.8. The summed E-state index contributed by atoms with van der Waals surface area (Å²) in [5, 5.41) is 2.67. The van der Waals surface area contributed by atoms with Gasteiger partial charge in [-0.05, 0) is 125 Å². The molecule has 0 radical (unpaired) electrons. The fourth-order valence-electron chi connectivity index (χ4n) is 9.19. The first kappa shape index (κ1) is 31.9. The largest absolute Gasteiger partial charge is 0.334 e. The molecule has 0 saturated heterocycles. The maximum atomic E-state index is 2.73. The molecule has 0 bridgehead atoms. The summed E-state index contributed by atoms with van der Waals surface area (Å²) in [6, 6.07) is 39.8. The Morgan fingerprint density at radius 2 is 1.16 bits per heavy atom. The van der Waals surface area contributed by atoms with Gasteiger partial charge in [-0.3, -0.25) is 0 Å². The van der Waals surface area contributed by atoms with Gasteiger partial charge in [-0.1, -0.05) is 110 Å². The van der Waals surface area contributed by atoms with Crippen LogP contribution in [0.4, 0.5) is 11.4 Å². The molecule has 1 saturated carbocycles. The Hall–Kier alpha value is -4.30. The van der Waals surface area contributed by atoms with E-state index in [2.05, 4.69) is 175 Å². The Bertz CT molecular complexity index is 2170. The third kappa shape index (κ3) is 4.89. The number of aryl methyl sites for hydroxylation is 1. The van der Waals surface area contributed by atoms with Crippen LogP contribution in [0, 0.1) is 6.92 Å². The van der Waals surface area contributed by atoms with E-state index in [4.69, 9.17) is 0 Å². The molecule has 1 fully saturated rings. The van der Waals surface area contributed by atoms with Gasteiger partial charge in [0.2, 0.25) is 0 Å². The molecule has 2 unspecified atom stereocenters. The van der Waals surface area contributed by atoms with Crippen LogP contribution in [0.5, 0.6) is 0 Å². The lowest BCUT2D eigenvalue weighted by atomic mass is 9.61. The average molecular weight is 645 g/mol. The number of hydrogen-bond donors (Lipinski definition) is 0. The van der Waals surface area contributed by atoms with Gasteiger partial charge in [-0.25, -0.2) is 0 Å². The summed E-state index contributed by atoms with van der Waals surface area (Å²) in [6.07, 6.45) is 4.94. The topological polar surface area (TPSA) is 8.17 Å². The van der Waals surface area contributed by atoms with Crippen molar-refractivity contribution in [2.24, 2.45) is 0 Å². The second-order valence-electron chi connectivity index (χ2n) is 17.6. The first-order valence-electron chi connectivity index (χ1n) is 18.4. The molecular formula is C47H52N2. The number of aromatic nitrogens is 1. The average Bonchev–Trinajstić information content (AvgIpc) is 3.49. The van der Waals surface area contributed by atoms with E-state index in [0.717, 1.165) is 0 Å². The minimum atomic E-state index is -0.0159. The molecule has 1 aliphatic heterocycles. The molecule has 49 heavy (non-hydrogen) atoms. The van der Waals surface area contributed by atoms with E-state index in [1.807, 2.05) is 0 Å². The first-order chi connectivity index (χ1) is 23.2. The van der Waals surface area contributed by atoms with Gasteiger partial charge in [-0.15, -0.1) is 0 Å². The number of hydrogen-bond acceptors (Lipinski definition) is 1. The van der Waals surface area contributed by atoms with Gasteiger partial charge in [-0.2, -0.15) is 0 Å². The number of benzene rings is 5. The van der Waals surface area contributed by atoms with Gasteiger partial charge >= 0.3 is 0 Å². The molecule has 2 heteroatoms. The van der Waals surface area contributed by atoms with Crippen LogP contribution in [0.2, 0.25) is 0 Å². The molecule has 2 heterocycles. The molecule has 0 spiro atoms. The van der Waals surface area contributed by atoms with Crippen molar-refractivity contribution in [3.05, 3.63) is 125 Å². The highest BCUT2D eigenvalue weighted by Crippen LogP contribution is 2.61. The molecule has 8 rings (SSSR count). The summed E-state index contributed by atoms with van der Waals surface area (Å²) in [5.74, 6) is 0. The van der Waals surface area contributed by atoms with Crippen LogP contribution in [-0.2, 0) is 16.2 Å². The Kier molecular flexibility index (Phi) is 7.07. The highest BCUT2D eigenvalue weighted by molar-refractivity contribution is 6.10. The van der Waals surface area contributed by atoms with Crippen LogP contribution < -0.4 is 4.90 Å². The Labute approximate surface area is 293 Å². The Balaban J connectivity index is 1.35. The smallest absolute Gasteiger partial charge is 0.0541 e. The van der Waals surface area contributed by atoms with Crippen molar-refractivity contribution in [3.8, 4) is 16.8 Å². The minimum absolute atomic E-state index is 0.0159. The van der Waals surface area contributed by atoms with Crippen molar-refractivity contribution in [3.63, 3.8) is 0 Å². The van der Waals surface area contributed by atoms with Crippen LogP contribution in [0.1, 0.15) is 103 Å². The summed E-state index contributed by atoms with van der Waals surface area (Å²) >= 11 is 0. The monoisotopic (exact) mass is 644 g/mol. The van der Waals surface area contributed by atoms with E-state index in [-0.39, 0.29) is 21.8 Å². The molecular weight excluding hydrogens is 593 g/mol. The molecule has 0 amide bonds. The quantitative estimate of drug-likeness (QED) is 0.186. The van der Waals surface area contributed by atoms with Crippen LogP contribution in [0.3, 0.4) is 0 Å². The zero-order chi connectivity index (χ0) is 34.5. The second kappa shape index (κ2) is 10.8. The first-order valence-corrected chi connectivity index (χ1v) is 18.4. The summed E-state index contributed by atoms with van der Waals surface area (Å²) in [7, 11) is 0. The van der Waals surface area contributed by atoms with Gasteiger partial charge in [0.25, 0.3) is 0 Å². The van der Waals surface area contributed by atoms with E-state index < -0.39 is 0 Å². The SMILES string of the molecule is Cc1cc(N2c3ccc(-c4ccccc4)cc3C3(C)CCCCC23C)cc(-n2c3ccc(C(C)(C)C)cc3c3cc(C(C)(C)C)ccc32)c1. The van der Waals surface area contributed by atoms with Gasteiger partial charge in [0.1, 0.15) is 0 Å². The van der Waals surface area contributed by atoms with E-state index in [1.165, 1.54) is 97.9 Å². The highest BCUT2D eigenvalue weighted by Gasteiger charge is 2.57. The van der Waals surface area contributed by atoms with E-state index >= 15 is 0 Å². The van der Waals surface area contributed by atoms with Crippen molar-refractivity contribution < 1.29 is 0 Å². The van der Waals surface area contributed by atoms with Gasteiger partial charge in [0.15, 0.2) is 0 Å². The van der Waals surface area contributed by atoms with E-state index in [1.54, 1.807) is 0 Å². The Morgan fingerprint density at radius 1 is 0.571 bits per heavy atom. The van der Waals surface area contributed by atoms with Gasteiger partial charge < -0.3 is 9.47 Å². The number of nitrogens with zero attached hydrogens (tertiary/aromatic N) is 2. The van der Waals surface area contributed by atoms with Crippen molar-refractivity contribution in [1.29, 1.82) is 0 Å². The standard InChI is InChI=1S/C47H52N2/c1-31-25-36(48-41-21-18-34(44(2,3)4)28-38(41)39-29-35(45(5,6)7)19-22-42(39)48)30-37(26-31)49-43-20-17-33(32-15-11-10-12-16-32)27-40(43)46(8)23-13-14-24-47(46,49)9/h10-12,15-22,25-30H,13-14,23-24H2,1-9H3. The molecule has 0 N–H and O–H groups in total. The molecule has 2 atom stereocenters. The van der Waals surface area contributed by atoms with Crippen LogP contribution >= 0.6 is 0 Å². The van der Waals surface area contributed by atoms with Crippen LogP contribution in [0.15, 0.2) is 103 Å². The Morgan fingerprint density at radius 3 is 1.78 bits per heavy atom. The normalized spacial score (nSPS) is 21.0. The predicted octanol–water partition coefficient (Wildman–Crippen LogP) is 13.1. The minimum Gasteiger partial charge on any atom is -0.334 e. The van der Waals surface area contributed by atoms with Crippen LogP contribution in [0.25, 0.3) is 38.6 Å².